The standard InChI is InChI=1S/C32H41F6N5O5/c1-29(2)24(46-18-20-11-5-3-6-12-20)15-9-10-16-30(32(36,37)38,47-19-21-13-7-4-8-14-21)28-42-41-27(48-28)25-23(43(44)45)17-22(31(33,34)35)26(39-25)40-29/h3-8,11-14,22-28,39-42H,9-10,15-19H2,1-2H3/t22?,23?,24?,25?,26?,27?,28?,30-/m1/s1. The van der Waals surface area contributed by atoms with Crippen LogP contribution in [0.3, 0.4) is 0 Å². The summed E-state index contributed by atoms with van der Waals surface area (Å²) >= 11 is 0. The third kappa shape index (κ3) is 8.12. The Kier molecular flexibility index (Phi) is 11.0. The Bertz CT molecular complexity index is 1350. The first-order valence-corrected chi connectivity index (χ1v) is 15.9. The first kappa shape index (κ1) is 36.4. The van der Waals surface area contributed by atoms with E-state index in [1.54, 1.807) is 44.2 Å². The number of halogens is 6. The van der Waals surface area contributed by atoms with Crippen LogP contribution >= 0.6 is 0 Å². The topological polar surface area (TPSA) is 119 Å². The van der Waals surface area contributed by atoms with E-state index >= 15 is 13.2 Å². The van der Waals surface area contributed by atoms with Gasteiger partial charge in [0.25, 0.3) is 0 Å². The summed E-state index contributed by atoms with van der Waals surface area (Å²) in [6, 6.07) is 14.1. The average molecular weight is 690 g/mol. The number of piperidine rings is 1. The van der Waals surface area contributed by atoms with Crippen LogP contribution in [0.15, 0.2) is 60.7 Å². The van der Waals surface area contributed by atoms with Gasteiger partial charge in [0.15, 0.2) is 6.23 Å². The summed E-state index contributed by atoms with van der Waals surface area (Å²) in [6.45, 7) is 3.01. The van der Waals surface area contributed by atoms with Gasteiger partial charge in [0, 0.05) is 16.9 Å². The predicted molar refractivity (Wildman–Crippen MR) is 161 cm³/mol. The number of hydrogen-bond donors (Lipinski definition) is 4. The number of ether oxygens (including phenoxy) is 3. The number of alkyl halides is 6. The first-order valence-electron chi connectivity index (χ1n) is 15.9. The van der Waals surface area contributed by atoms with Crippen LogP contribution in [0.25, 0.3) is 0 Å². The molecule has 16 heteroatoms. The molecule has 3 saturated heterocycles. The number of nitrogens with zero attached hydrogens (tertiary/aromatic N) is 1. The number of nitro groups is 1. The Labute approximate surface area is 274 Å². The van der Waals surface area contributed by atoms with Crippen LogP contribution in [-0.2, 0) is 27.4 Å². The van der Waals surface area contributed by atoms with Gasteiger partial charge in [-0.2, -0.15) is 26.3 Å². The molecular weight excluding hydrogens is 648 g/mol. The van der Waals surface area contributed by atoms with Crippen LogP contribution in [0.4, 0.5) is 26.3 Å². The molecule has 0 saturated carbocycles. The molecule has 5 rings (SSSR count). The van der Waals surface area contributed by atoms with Crippen molar-refractivity contribution < 1.29 is 45.5 Å². The highest BCUT2D eigenvalue weighted by atomic mass is 19.4. The lowest BCUT2D eigenvalue weighted by atomic mass is 9.83. The van der Waals surface area contributed by atoms with Gasteiger partial charge in [-0.05, 0) is 44.2 Å². The molecule has 0 aromatic heterocycles. The molecule has 2 aromatic carbocycles. The molecule has 8 atom stereocenters. The first-order chi connectivity index (χ1) is 22.6. The van der Waals surface area contributed by atoms with Crippen molar-refractivity contribution in [3.8, 4) is 0 Å². The third-order valence-corrected chi connectivity index (χ3v) is 9.47. The molecule has 0 aliphatic carbocycles. The maximum Gasteiger partial charge on any atom is 0.421 e. The molecule has 3 heterocycles. The highest BCUT2D eigenvalue weighted by molar-refractivity contribution is 5.15. The number of fused-ring (bicyclic) bond motifs is 5. The lowest BCUT2D eigenvalue weighted by Gasteiger charge is -2.46. The zero-order valence-electron chi connectivity index (χ0n) is 26.5. The van der Waals surface area contributed by atoms with E-state index in [4.69, 9.17) is 14.2 Å². The highest BCUT2D eigenvalue weighted by Crippen LogP contribution is 2.44. The van der Waals surface area contributed by atoms with Gasteiger partial charge < -0.3 is 14.2 Å². The summed E-state index contributed by atoms with van der Waals surface area (Å²) in [7, 11) is 0. The summed E-state index contributed by atoms with van der Waals surface area (Å²) in [6.07, 6.45) is -16.6. The van der Waals surface area contributed by atoms with Gasteiger partial charge in [-0.25, -0.2) is 10.9 Å². The smallest absolute Gasteiger partial charge is 0.372 e. The minimum absolute atomic E-state index is 0.00438. The Balaban J connectivity index is 1.52. The molecule has 48 heavy (non-hydrogen) atoms. The quantitative estimate of drug-likeness (QED) is 0.174. The Morgan fingerprint density at radius 2 is 1.56 bits per heavy atom. The molecule has 4 bridgehead atoms. The van der Waals surface area contributed by atoms with E-state index in [-0.39, 0.29) is 25.9 Å². The third-order valence-electron chi connectivity index (χ3n) is 9.47. The van der Waals surface area contributed by atoms with E-state index in [0.717, 1.165) is 5.56 Å². The Hall–Kier alpha value is -2.86. The van der Waals surface area contributed by atoms with Crippen LogP contribution in [0.1, 0.15) is 57.1 Å². The van der Waals surface area contributed by atoms with Crippen LogP contribution in [0, 0.1) is 16.0 Å². The van der Waals surface area contributed by atoms with Crippen molar-refractivity contribution in [1.82, 2.24) is 21.5 Å². The van der Waals surface area contributed by atoms with Crippen LogP contribution in [-0.4, -0.2) is 65.2 Å². The number of rotatable bonds is 7. The number of hydrogen-bond acceptors (Lipinski definition) is 9. The SMILES string of the molecule is CC1(C)NC2NC(C3NNC(O3)[C@@](OCc3ccccc3)(C(F)(F)F)CCCCC1OCc1ccccc1)C([N+](=O)[O-])CC2C(F)(F)F. The van der Waals surface area contributed by atoms with Crippen molar-refractivity contribution in [3.05, 3.63) is 81.9 Å². The van der Waals surface area contributed by atoms with E-state index in [0.29, 0.717) is 5.56 Å². The van der Waals surface area contributed by atoms with E-state index in [1.165, 1.54) is 0 Å². The molecule has 3 aliphatic heterocycles. The molecule has 0 radical (unpaired) electrons. The van der Waals surface area contributed by atoms with Gasteiger partial charge in [-0.1, -0.05) is 67.1 Å². The molecule has 3 aliphatic rings. The fourth-order valence-electron chi connectivity index (χ4n) is 6.79. The van der Waals surface area contributed by atoms with Crippen LogP contribution in [0.5, 0.6) is 0 Å². The van der Waals surface area contributed by atoms with Crippen molar-refractivity contribution in [2.45, 2.75) is 119 Å². The fourth-order valence-corrected chi connectivity index (χ4v) is 6.79. The fraction of sp³-hybridized carbons (Fsp3) is 0.625. The summed E-state index contributed by atoms with van der Waals surface area (Å²) in [5, 5.41) is 17.9. The second-order valence-corrected chi connectivity index (χ2v) is 13.2. The monoisotopic (exact) mass is 689 g/mol. The Morgan fingerprint density at radius 3 is 2.15 bits per heavy atom. The molecule has 2 aromatic rings. The van der Waals surface area contributed by atoms with Gasteiger partial charge in [0.2, 0.25) is 11.6 Å². The maximum atomic E-state index is 15.2. The summed E-state index contributed by atoms with van der Waals surface area (Å²) in [5.41, 5.74) is 2.24. The predicted octanol–water partition coefficient (Wildman–Crippen LogP) is 5.32. The second-order valence-electron chi connectivity index (χ2n) is 13.2. The lowest BCUT2D eigenvalue weighted by molar-refractivity contribution is -0.537. The van der Waals surface area contributed by atoms with Crippen LogP contribution in [0.2, 0.25) is 0 Å². The minimum atomic E-state index is -4.98. The summed E-state index contributed by atoms with van der Waals surface area (Å²) in [4.78, 5) is 11.3. The van der Waals surface area contributed by atoms with E-state index in [9.17, 15) is 23.3 Å². The van der Waals surface area contributed by atoms with Crippen molar-refractivity contribution in [2.75, 3.05) is 0 Å². The lowest BCUT2D eigenvalue weighted by Crippen LogP contribution is -2.72. The highest BCUT2D eigenvalue weighted by Gasteiger charge is 2.65. The van der Waals surface area contributed by atoms with Crippen LogP contribution < -0.4 is 21.5 Å². The molecule has 0 spiro atoms. The maximum absolute atomic E-state index is 15.2. The normalized spacial score (nSPS) is 33.1. The number of hydrazine groups is 1. The zero-order chi connectivity index (χ0) is 34.7. The molecule has 0 amide bonds. The number of benzene rings is 2. The molecule has 3 fully saturated rings. The average Bonchev–Trinajstić information content (AvgIpc) is 3.51. The van der Waals surface area contributed by atoms with Crippen molar-refractivity contribution in [2.24, 2.45) is 5.92 Å². The van der Waals surface area contributed by atoms with Gasteiger partial charge in [0.05, 0.1) is 31.4 Å². The zero-order valence-corrected chi connectivity index (χ0v) is 26.5. The van der Waals surface area contributed by atoms with Crippen molar-refractivity contribution >= 4 is 0 Å². The van der Waals surface area contributed by atoms with E-state index in [1.807, 2.05) is 30.3 Å². The molecule has 10 nitrogen and oxygen atoms in total. The molecule has 7 unspecified atom stereocenters. The van der Waals surface area contributed by atoms with Gasteiger partial charge in [-0.15, -0.1) is 0 Å². The van der Waals surface area contributed by atoms with Crippen molar-refractivity contribution in [3.63, 3.8) is 0 Å². The number of nitrogens with one attached hydrogen (secondary N) is 4. The van der Waals surface area contributed by atoms with E-state index < -0.39 is 90.6 Å². The summed E-state index contributed by atoms with van der Waals surface area (Å²) in [5.74, 6) is -2.19. The second kappa shape index (κ2) is 14.5. The van der Waals surface area contributed by atoms with Gasteiger partial charge in [0.1, 0.15) is 12.3 Å². The van der Waals surface area contributed by atoms with Gasteiger partial charge in [-0.3, -0.25) is 20.7 Å². The Morgan fingerprint density at radius 1 is 0.938 bits per heavy atom. The largest absolute Gasteiger partial charge is 0.421 e. The summed E-state index contributed by atoms with van der Waals surface area (Å²) < 4.78 is 107. The minimum Gasteiger partial charge on any atom is -0.372 e. The molecular formula is C32H41F6N5O5. The molecule has 4 N–H and O–H groups in total. The molecule has 266 valence electrons. The van der Waals surface area contributed by atoms with E-state index in [2.05, 4.69) is 21.5 Å². The van der Waals surface area contributed by atoms with Crippen molar-refractivity contribution in [1.29, 1.82) is 0 Å². The van der Waals surface area contributed by atoms with Gasteiger partial charge >= 0.3 is 12.4 Å².